The number of pyridine rings is 1. The van der Waals surface area contributed by atoms with Gasteiger partial charge in [-0.05, 0) is 31.9 Å². The van der Waals surface area contributed by atoms with Crippen molar-refractivity contribution < 1.29 is 4.79 Å². The molecule has 1 heterocycles. The molecule has 1 aliphatic carbocycles. The lowest BCUT2D eigenvalue weighted by Crippen LogP contribution is -2.43. The highest BCUT2D eigenvalue weighted by molar-refractivity contribution is 5.95. The molecule has 1 amide bonds. The minimum absolute atomic E-state index is 0.0472. The zero-order valence-electron chi connectivity index (χ0n) is 12.9. The summed E-state index contributed by atoms with van der Waals surface area (Å²) in [5.41, 5.74) is 7.10. The highest BCUT2D eigenvalue weighted by Crippen LogP contribution is 2.29. The maximum Gasteiger partial charge on any atom is 0.251 e. The quantitative estimate of drug-likeness (QED) is 0.871. The Morgan fingerprint density at radius 3 is 2.45 bits per heavy atom. The first-order chi connectivity index (χ1) is 9.20. The van der Waals surface area contributed by atoms with Crippen LogP contribution in [0.2, 0.25) is 0 Å². The van der Waals surface area contributed by atoms with Gasteiger partial charge in [0.05, 0.1) is 0 Å². The first-order valence-corrected chi connectivity index (χ1v) is 7.30. The van der Waals surface area contributed by atoms with Crippen molar-refractivity contribution in [2.75, 3.05) is 5.73 Å². The number of nitrogen functional groups attached to an aromatic ring is 1. The molecule has 0 saturated heterocycles. The summed E-state index contributed by atoms with van der Waals surface area (Å²) in [7, 11) is 0. The molecule has 0 spiro atoms. The van der Waals surface area contributed by atoms with Gasteiger partial charge in [0.15, 0.2) is 0 Å². The van der Waals surface area contributed by atoms with Crippen molar-refractivity contribution in [1.29, 1.82) is 0 Å². The number of nitrogens with two attached hydrogens (primary N) is 1. The van der Waals surface area contributed by atoms with Crippen LogP contribution in [0.1, 0.15) is 69.4 Å². The molecular weight excluding hydrogens is 250 g/mol. The summed E-state index contributed by atoms with van der Waals surface area (Å²) < 4.78 is 0. The predicted molar refractivity (Wildman–Crippen MR) is 81.7 cm³/mol. The normalized spacial score (nSPS) is 18.0. The molecule has 1 aromatic heterocycles. The Bertz CT molecular complexity index is 511. The lowest BCUT2D eigenvalue weighted by atomic mass is 9.90. The van der Waals surface area contributed by atoms with Gasteiger partial charge in [-0.2, -0.15) is 0 Å². The van der Waals surface area contributed by atoms with Gasteiger partial charge in [-0.15, -0.1) is 0 Å². The van der Waals surface area contributed by atoms with Crippen LogP contribution >= 0.6 is 0 Å². The van der Waals surface area contributed by atoms with Crippen LogP contribution in [0.3, 0.4) is 0 Å². The summed E-state index contributed by atoms with van der Waals surface area (Å²) in [5, 5.41) is 3.16. The van der Waals surface area contributed by atoms with Gasteiger partial charge in [-0.1, -0.05) is 33.6 Å². The zero-order valence-corrected chi connectivity index (χ0v) is 12.9. The lowest BCUT2D eigenvalue weighted by molar-refractivity contribution is 0.0908. The summed E-state index contributed by atoms with van der Waals surface area (Å²) in [6.07, 6.45) is 4.46. The van der Waals surface area contributed by atoms with Gasteiger partial charge in [-0.3, -0.25) is 4.79 Å². The monoisotopic (exact) mass is 275 g/mol. The highest BCUT2D eigenvalue weighted by Gasteiger charge is 2.30. The second kappa shape index (κ2) is 5.08. The van der Waals surface area contributed by atoms with Gasteiger partial charge >= 0.3 is 0 Å². The van der Waals surface area contributed by atoms with Gasteiger partial charge in [0.2, 0.25) is 0 Å². The van der Waals surface area contributed by atoms with Crippen LogP contribution in [0.5, 0.6) is 0 Å². The van der Waals surface area contributed by atoms with E-state index in [0.717, 1.165) is 18.5 Å². The van der Waals surface area contributed by atoms with Gasteiger partial charge in [0.25, 0.3) is 5.91 Å². The first kappa shape index (κ1) is 14.8. The molecule has 110 valence electrons. The average molecular weight is 275 g/mol. The molecular formula is C16H25N3O. The Balaban J connectivity index is 2.24. The standard InChI is InChI=1S/C16H25N3O/c1-15(2,3)12-9-11(10-13(17)18-12)14(20)19-16(4)7-5-6-8-16/h9-10H,5-8H2,1-4H3,(H2,17,18)(H,19,20). The molecule has 0 aromatic carbocycles. The van der Waals surface area contributed by atoms with Crippen LogP contribution in [-0.4, -0.2) is 16.4 Å². The number of amides is 1. The smallest absolute Gasteiger partial charge is 0.251 e. The van der Waals surface area contributed by atoms with Crippen LogP contribution in [0.4, 0.5) is 5.82 Å². The third-order valence-electron chi connectivity index (χ3n) is 4.00. The van der Waals surface area contributed by atoms with Gasteiger partial charge in [0, 0.05) is 22.2 Å². The van der Waals surface area contributed by atoms with E-state index in [9.17, 15) is 4.79 Å². The Kier molecular flexibility index (Phi) is 3.76. The molecule has 1 saturated carbocycles. The van der Waals surface area contributed by atoms with Crippen molar-refractivity contribution >= 4 is 11.7 Å². The average Bonchev–Trinajstić information content (AvgIpc) is 2.73. The fourth-order valence-electron chi connectivity index (χ4n) is 2.69. The fraction of sp³-hybridized carbons (Fsp3) is 0.625. The Hall–Kier alpha value is -1.58. The van der Waals surface area contributed by atoms with E-state index in [1.165, 1.54) is 12.8 Å². The van der Waals surface area contributed by atoms with Gasteiger partial charge in [0.1, 0.15) is 5.82 Å². The number of anilines is 1. The summed E-state index contributed by atoms with van der Waals surface area (Å²) in [6, 6.07) is 3.51. The number of carbonyl (C=O) groups excluding carboxylic acids is 1. The molecule has 3 N–H and O–H groups in total. The van der Waals surface area contributed by atoms with Crippen molar-refractivity contribution in [3.8, 4) is 0 Å². The van der Waals surface area contributed by atoms with Crippen molar-refractivity contribution in [3.05, 3.63) is 23.4 Å². The Labute approximate surface area is 121 Å². The summed E-state index contributed by atoms with van der Waals surface area (Å²) in [5.74, 6) is 0.355. The van der Waals surface area contributed by atoms with Crippen LogP contribution in [0.15, 0.2) is 12.1 Å². The molecule has 0 radical (unpaired) electrons. The summed E-state index contributed by atoms with van der Waals surface area (Å²) >= 11 is 0. The Morgan fingerprint density at radius 1 is 1.30 bits per heavy atom. The Morgan fingerprint density at radius 2 is 1.90 bits per heavy atom. The lowest BCUT2D eigenvalue weighted by Gasteiger charge is -2.26. The third kappa shape index (κ3) is 3.30. The third-order valence-corrected chi connectivity index (χ3v) is 4.00. The number of carbonyl (C=O) groups is 1. The van der Waals surface area contributed by atoms with E-state index < -0.39 is 0 Å². The maximum atomic E-state index is 12.4. The van der Waals surface area contributed by atoms with E-state index >= 15 is 0 Å². The second-order valence-corrected chi connectivity index (χ2v) is 7.14. The number of hydrogen-bond donors (Lipinski definition) is 2. The van der Waals surface area contributed by atoms with Crippen LogP contribution in [0.25, 0.3) is 0 Å². The molecule has 1 fully saturated rings. The van der Waals surface area contributed by atoms with E-state index in [0.29, 0.717) is 11.4 Å². The number of rotatable bonds is 2. The minimum Gasteiger partial charge on any atom is -0.384 e. The number of nitrogens with one attached hydrogen (secondary N) is 1. The van der Waals surface area contributed by atoms with Crippen molar-refractivity contribution in [2.45, 2.75) is 64.3 Å². The van der Waals surface area contributed by atoms with E-state index in [2.05, 4.69) is 38.0 Å². The molecule has 4 nitrogen and oxygen atoms in total. The van der Waals surface area contributed by atoms with Crippen molar-refractivity contribution in [1.82, 2.24) is 10.3 Å². The molecule has 0 aliphatic heterocycles. The van der Waals surface area contributed by atoms with E-state index in [4.69, 9.17) is 5.73 Å². The molecule has 1 aromatic rings. The van der Waals surface area contributed by atoms with Crippen LogP contribution in [0, 0.1) is 0 Å². The molecule has 0 unspecified atom stereocenters. The molecule has 0 atom stereocenters. The SMILES string of the molecule is CC1(NC(=O)c2cc(N)nc(C(C)(C)C)c2)CCCC1. The summed E-state index contributed by atoms with van der Waals surface area (Å²) in [4.78, 5) is 16.8. The second-order valence-electron chi connectivity index (χ2n) is 7.14. The van der Waals surface area contributed by atoms with Gasteiger partial charge in [-0.25, -0.2) is 4.98 Å². The number of hydrogen-bond acceptors (Lipinski definition) is 3. The predicted octanol–water partition coefficient (Wildman–Crippen LogP) is 3.02. The summed E-state index contributed by atoms with van der Waals surface area (Å²) in [6.45, 7) is 8.31. The maximum absolute atomic E-state index is 12.4. The molecule has 1 aliphatic rings. The van der Waals surface area contributed by atoms with E-state index in [1.54, 1.807) is 6.07 Å². The van der Waals surface area contributed by atoms with E-state index in [1.807, 2.05) is 6.07 Å². The van der Waals surface area contributed by atoms with Crippen LogP contribution in [-0.2, 0) is 5.41 Å². The topological polar surface area (TPSA) is 68.0 Å². The number of nitrogens with zero attached hydrogens (tertiary/aromatic N) is 1. The van der Waals surface area contributed by atoms with Gasteiger partial charge < -0.3 is 11.1 Å². The molecule has 4 heteroatoms. The highest BCUT2D eigenvalue weighted by atomic mass is 16.1. The first-order valence-electron chi connectivity index (χ1n) is 7.30. The largest absolute Gasteiger partial charge is 0.384 e. The zero-order chi connectivity index (χ0) is 15.0. The van der Waals surface area contributed by atoms with E-state index in [-0.39, 0.29) is 16.9 Å². The molecule has 20 heavy (non-hydrogen) atoms. The van der Waals surface area contributed by atoms with Crippen molar-refractivity contribution in [2.24, 2.45) is 0 Å². The fourth-order valence-corrected chi connectivity index (χ4v) is 2.69. The van der Waals surface area contributed by atoms with Crippen molar-refractivity contribution in [3.63, 3.8) is 0 Å². The minimum atomic E-state index is -0.123. The molecule has 0 bridgehead atoms. The molecule has 2 rings (SSSR count). The van der Waals surface area contributed by atoms with Crippen LogP contribution < -0.4 is 11.1 Å². The number of aromatic nitrogens is 1.